The Morgan fingerprint density at radius 1 is 0.971 bits per heavy atom. The van der Waals surface area contributed by atoms with Crippen molar-refractivity contribution < 1.29 is 14.3 Å². The first-order valence-electron chi connectivity index (χ1n) is 11.7. The minimum absolute atomic E-state index is 0.00377. The van der Waals surface area contributed by atoms with Crippen LogP contribution in [0.1, 0.15) is 23.4 Å². The van der Waals surface area contributed by atoms with Crippen molar-refractivity contribution in [1.82, 2.24) is 14.9 Å². The molecule has 0 atom stereocenters. The van der Waals surface area contributed by atoms with Crippen LogP contribution in [-0.4, -0.2) is 35.2 Å². The van der Waals surface area contributed by atoms with E-state index >= 15 is 0 Å². The highest BCUT2D eigenvalue weighted by atomic mass is 16.5. The van der Waals surface area contributed by atoms with Crippen molar-refractivity contribution in [3.8, 4) is 11.5 Å². The Kier molecular flexibility index (Phi) is 7.81. The minimum Gasteiger partial charge on any atom is -0.493 e. The Morgan fingerprint density at radius 2 is 1.76 bits per heavy atom. The van der Waals surface area contributed by atoms with Crippen molar-refractivity contribution in [3.63, 3.8) is 0 Å². The molecule has 3 aromatic carbocycles. The van der Waals surface area contributed by atoms with Gasteiger partial charge in [-0.3, -0.25) is 4.79 Å². The van der Waals surface area contributed by atoms with Crippen LogP contribution in [0.5, 0.6) is 11.5 Å². The first-order valence-corrected chi connectivity index (χ1v) is 11.7. The van der Waals surface area contributed by atoms with Gasteiger partial charge in [-0.1, -0.05) is 48.0 Å². The zero-order valence-corrected chi connectivity index (χ0v) is 19.8. The minimum atomic E-state index is -0.145. The number of nitrogens with zero attached hydrogens (tertiary/aromatic N) is 2. The molecule has 0 bridgehead atoms. The Balaban J connectivity index is 1.31. The van der Waals surface area contributed by atoms with Crippen LogP contribution in [0.3, 0.4) is 0 Å². The highest BCUT2D eigenvalue weighted by Gasteiger charge is 2.11. The number of hydrogen-bond donors (Lipinski definition) is 1. The normalized spacial score (nSPS) is 10.9. The van der Waals surface area contributed by atoms with Gasteiger partial charge in [0.2, 0.25) is 0 Å². The van der Waals surface area contributed by atoms with Gasteiger partial charge in [-0.05, 0) is 56.2 Å². The number of carbonyl (C=O) groups excluding carboxylic acids is 1. The van der Waals surface area contributed by atoms with Gasteiger partial charge in [0.25, 0.3) is 5.91 Å². The second-order valence-electron chi connectivity index (χ2n) is 8.34. The first-order chi connectivity index (χ1) is 16.6. The number of ether oxygens (including phenoxy) is 2. The second kappa shape index (κ2) is 11.4. The van der Waals surface area contributed by atoms with E-state index in [-0.39, 0.29) is 12.5 Å². The molecule has 0 saturated carbocycles. The van der Waals surface area contributed by atoms with Crippen molar-refractivity contribution in [2.75, 3.05) is 19.8 Å². The molecular weight excluding hydrogens is 426 g/mol. The van der Waals surface area contributed by atoms with Crippen LogP contribution in [0.4, 0.5) is 0 Å². The first kappa shape index (κ1) is 23.4. The fourth-order valence-electron chi connectivity index (χ4n) is 3.96. The highest BCUT2D eigenvalue weighted by molar-refractivity contribution is 5.77. The fraction of sp³-hybridized carbons (Fsp3) is 0.286. The molecule has 0 aliphatic heterocycles. The fourth-order valence-corrected chi connectivity index (χ4v) is 3.96. The molecule has 0 radical (unpaired) electrons. The number of rotatable bonds is 11. The van der Waals surface area contributed by atoms with Crippen molar-refractivity contribution in [1.29, 1.82) is 0 Å². The van der Waals surface area contributed by atoms with Crippen LogP contribution < -0.4 is 14.8 Å². The molecule has 0 fully saturated rings. The second-order valence-corrected chi connectivity index (χ2v) is 8.34. The molecule has 1 N–H and O–H groups in total. The maximum Gasteiger partial charge on any atom is 0.257 e. The molecule has 4 aromatic rings. The molecule has 0 spiro atoms. The molecule has 6 heteroatoms. The topological polar surface area (TPSA) is 65.4 Å². The van der Waals surface area contributed by atoms with Crippen molar-refractivity contribution in [2.45, 2.75) is 33.2 Å². The lowest BCUT2D eigenvalue weighted by Crippen LogP contribution is -2.31. The largest absolute Gasteiger partial charge is 0.493 e. The standard InChI is InChI=1S/C28H31N3O3/c1-21-13-14-26(22(2)19-21)33-18-8-17-31-25-12-7-6-11-24(25)30-27(31)15-16-29-28(32)20-34-23-9-4-3-5-10-23/h3-7,9-14,19H,8,15-18,20H2,1-2H3,(H,29,32). The number of para-hydroxylation sites is 3. The monoisotopic (exact) mass is 457 g/mol. The number of aromatic nitrogens is 2. The number of hydrogen-bond acceptors (Lipinski definition) is 4. The zero-order valence-electron chi connectivity index (χ0n) is 19.8. The van der Waals surface area contributed by atoms with E-state index in [4.69, 9.17) is 14.5 Å². The maximum absolute atomic E-state index is 12.2. The average Bonchev–Trinajstić information content (AvgIpc) is 3.19. The lowest BCUT2D eigenvalue weighted by atomic mass is 10.1. The summed E-state index contributed by atoms with van der Waals surface area (Å²) in [5, 5.41) is 2.93. The molecule has 0 saturated heterocycles. The highest BCUT2D eigenvalue weighted by Crippen LogP contribution is 2.20. The Hall–Kier alpha value is -3.80. The molecule has 176 valence electrons. The summed E-state index contributed by atoms with van der Waals surface area (Å²) in [6, 6.07) is 23.7. The molecule has 1 heterocycles. The van der Waals surface area contributed by atoms with E-state index in [0.29, 0.717) is 25.3 Å². The Bertz CT molecular complexity index is 1230. The molecule has 4 rings (SSSR count). The summed E-state index contributed by atoms with van der Waals surface area (Å²) in [6.07, 6.45) is 1.50. The molecule has 6 nitrogen and oxygen atoms in total. The van der Waals surface area contributed by atoms with Gasteiger partial charge >= 0.3 is 0 Å². The smallest absolute Gasteiger partial charge is 0.257 e. The van der Waals surface area contributed by atoms with Crippen molar-refractivity contribution in [2.24, 2.45) is 0 Å². The third-order valence-electron chi connectivity index (χ3n) is 5.63. The Labute approximate surface area is 200 Å². The zero-order chi connectivity index (χ0) is 23.8. The lowest BCUT2D eigenvalue weighted by Gasteiger charge is -2.12. The summed E-state index contributed by atoms with van der Waals surface area (Å²) in [4.78, 5) is 17.0. The molecule has 0 aliphatic rings. The lowest BCUT2D eigenvalue weighted by molar-refractivity contribution is -0.123. The predicted octanol–water partition coefficient (Wildman–Crippen LogP) is 4.86. The van der Waals surface area contributed by atoms with Gasteiger partial charge in [-0.25, -0.2) is 4.98 Å². The molecule has 0 aliphatic carbocycles. The molecule has 34 heavy (non-hydrogen) atoms. The number of aryl methyl sites for hydroxylation is 3. The summed E-state index contributed by atoms with van der Waals surface area (Å²) in [7, 11) is 0. The predicted molar refractivity (Wildman–Crippen MR) is 134 cm³/mol. The van der Waals surface area contributed by atoms with Gasteiger partial charge in [-0.2, -0.15) is 0 Å². The van der Waals surface area contributed by atoms with Gasteiger partial charge in [0, 0.05) is 19.5 Å². The van der Waals surface area contributed by atoms with Crippen LogP contribution >= 0.6 is 0 Å². The van der Waals surface area contributed by atoms with E-state index in [9.17, 15) is 4.79 Å². The van der Waals surface area contributed by atoms with Gasteiger partial charge in [0.15, 0.2) is 6.61 Å². The van der Waals surface area contributed by atoms with E-state index in [1.807, 2.05) is 54.6 Å². The third kappa shape index (κ3) is 6.16. The SMILES string of the molecule is Cc1ccc(OCCCn2c(CCNC(=O)COc3ccccc3)nc3ccccc32)c(C)c1. The van der Waals surface area contributed by atoms with Gasteiger partial charge in [-0.15, -0.1) is 0 Å². The van der Waals surface area contributed by atoms with Crippen molar-refractivity contribution >= 4 is 16.9 Å². The average molecular weight is 458 g/mol. The quantitative estimate of drug-likeness (QED) is 0.327. The van der Waals surface area contributed by atoms with Crippen LogP contribution in [0.25, 0.3) is 11.0 Å². The van der Waals surface area contributed by atoms with E-state index in [1.54, 1.807) is 0 Å². The van der Waals surface area contributed by atoms with Crippen molar-refractivity contribution in [3.05, 3.63) is 89.7 Å². The van der Waals surface area contributed by atoms with Crippen LogP contribution in [-0.2, 0) is 17.8 Å². The molecule has 1 amide bonds. The van der Waals surface area contributed by atoms with Crippen LogP contribution in [0.2, 0.25) is 0 Å². The van der Waals surface area contributed by atoms with Gasteiger partial charge in [0.05, 0.1) is 17.6 Å². The van der Waals surface area contributed by atoms with Crippen LogP contribution in [0, 0.1) is 13.8 Å². The molecule has 0 unspecified atom stereocenters. The summed E-state index contributed by atoms with van der Waals surface area (Å²) < 4.78 is 13.8. The number of nitrogens with one attached hydrogen (secondary N) is 1. The number of fused-ring (bicyclic) bond motifs is 1. The van der Waals surface area contributed by atoms with E-state index in [0.717, 1.165) is 41.1 Å². The number of amides is 1. The molecule has 1 aromatic heterocycles. The number of imidazole rings is 1. The Morgan fingerprint density at radius 3 is 2.59 bits per heavy atom. The summed E-state index contributed by atoms with van der Waals surface area (Å²) in [5.74, 6) is 2.43. The third-order valence-corrected chi connectivity index (χ3v) is 5.63. The summed E-state index contributed by atoms with van der Waals surface area (Å²) >= 11 is 0. The van der Waals surface area contributed by atoms with E-state index in [2.05, 4.69) is 41.9 Å². The van der Waals surface area contributed by atoms with E-state index in [1.165, 1.54) is 5.56 Å². The van der Waals surface area contributed by atoms with Gasteiger partial charge < -0.3 is 19.4 Å². The summed E-state index contributed by atoms with van der Waals surface area (Å²) in [5.41, 5.74) is 4.45. The number of benzene rings is 3. The summed E-state index contributed by atoms with van der Waals surface area (Å²) in [6.45, 7) is 6.08. The molecular formula is C28H31N3O3. The van der Waals surface area contributed by atoms with E-state index < -0.39 is 0 Å². The van der Waals surface area contributed by atoms with Gasteiger partial charge in [0.1, 0.15) is 17.3 Å². The van der Waals surface area contributed by atoms with Crippen LogP contribution in [0.15, 0.2) is 72.8 Å². The number of carbonyl (C=O) groups is 1. The maximum atomic E-state index is 12.2.